The summed E-state index contributed by atoms with van der Waals surface area (Å²) in [7, 11) is 1.64. The molecule has 1 saturated heterocycles. The lowest BCUT2D eigenvalue weighted by Crippen LogP contribution is -2.31. The molecule has 0 radical (unpaired) electrons. The van der Waals surface area contributed by atoms with Gasteiger partial charge in [0.25, 0.3) is 0 Å². The third kappa shape index (κ3) is 3.86. The zero-order valence-corrected chi connectivity index (χ0v) is 15.5. The molecule has 6 heteroatoms. The van der Waals surface area contributed by atoms with Gasteiger partial charge in [-0.3, -0.25) is 0 Å². The SMILES string of the molecule is COc1ccc(OCC2COC(CBr)(c3ccc(Cl)cc3)O2)cc1. The highest BCUT2D eigenvalue weighted by Crippen LogP contribution is 2.36. The molecule has 1 aliphatic heterocycles. The van der Waals surface area contributed by atoms with Crippen molar-refractivity contribution in [2.45, 2.75) is 11.9 Å². The molecule has 0 spiro atoms. The van der Waals surface area contributed by atoms with Gasteiger partial charge in [0, 0.05) is 10.6 Å². The average Bonchev–Trinajstić information content (AvgIpc) is 3.06. The first-order valence-corrected chi connectivity index (χ1v) is 9.06. The number of rotatable bonds is 6. The van der Waals surface area contributed by atoms with Crippen LogP contribution in [0.25, 0.3) is 0 Å². The fourth-order valence-electron chi connectivity index (χ4n) is 2.51. The lowest BCUT2D eigenvalue weighted by Gasteiger charge is -2.26. The number of ether oxygens (including phenoxy) is 4. The van der Waals surface area contributed by atoms with Crippen molar-refractivity contribution in [2.75, 3.05) is 25.7 Å². The lowest BCUT2D eigenvalue weighted by molar-refractivity contribution is -0.159. The Bertz CT molecular complexity index is 662. The molecule has 2 atom stereocenters. The van der Waals surface area contributed by atoms with Crippen molar-refractivity contribution in [3.63, 3.8) is 0 Å². The van der Waals surface area contributed by atoms with Gasteiger partial charge < -0.3 is 18.9 Å². The Morgan fingerprint density at radius 3 is 2.42 bits per heavy atom. The molecule has 0 aromatic heterocycles. The second-order valence-corrected chi connectivity index (χ2v) is 6.43. The molecule has 2 unspecified atom stereocenters. The van der Waals surface area contributed by atoms with Gasteiger partial charge in [-0.2, -0.15) is 0 Å². The van der Waals surface area contributed by atoms with E-state index in [-0.39, 0.29) is 6.10 Å². The molecule has 2 aromatic carbocycles. The maximum atomic E-state index is 6.13. The van der Waals surface area contributed by atoms with Crippen molar-refractivity contribution in [1.82, 2.24) is 0 Å². The van der Waals surface area contributed by atoms with Crippen LogP contribution in [0.1, 0.15) is 5.56 Å². The number of alkyl halides is 1. The molecular weight excluding hydrogens is 396 g/mol. The van der Waals surface area contributed by atoms with Gasteiger partial charge in [0.2, 0.25) is 5.79 Å². The van der Waals surface area contributed by atoms with E-state index < -0.39 is 5.79 Å². The third-order valence-corrected chi connectivity index (χ3v) is 4.80. The summed E-state index contributed by atoms with van der Waals surface area (Å²) in [5.74, 6) is 0.754. The summed E-state index contributed by atoms with van der Waals surface area (Å²) in [6.45, 7) is 0.874. The van der Waals surface area contributed by atoms with Crippen molar-refractivity contribution < 1.29 is 18.9 Å². The molecule has 1 aliphatic rings. The fourth-order valence-corrected chi connectivity index (χ4v) is 3.25. The smallest absolute Gasteiger partial charge is 0.205 e. The van der Waals surface area contributed by atoms with E-state index in [2.05, 4.69) is 15.9 Å². The standard InChI is InChI=1S/C18H18BrClO4/c1-21-15-6-8-16(9-7-15)22-10-17-11-23-18(12-19,24-17)13-2-4-14(20)5-3-13/h2-9,17H,10-12H2,1H3. The van der Waals surface area contributed by atoms with E-state index in [1.165, 1.54) is 0 Å². The van der Waals surface area contributed by atoms with Crippen LogP contribution >= 0.6 is 27.5 Å². The number of hydrogen-bond acceptors (Lipinski definition) is 4. The van der Waals surface area contributed by atoms with Crippen LogP contribution in [-0.2, 0) is 15.3 Å². The highest BCUT2D eigenvalue weighted by molar-refractivity contribution is 9.09. The maximum Gasteiger partial charge on any atom is 0.205 e. The minimum atomic E-state index is -0.807. The Morgan fingerprint density at radius 1 is 1.12 bits per heavy atom. The van der Waals surface area contributed by atoms with E-state index >= 15 is 0 Å². The van der Waals surface area contributed by atoms with Crippen molar-refractivity contribution in [3.05, 3.63) is 59.1 Å². The van der Waals surface area contributed by atoms with E-state index in [1.807, 2.05) is 48.5 Å². The number of halogens is 2. The minimum absolute atomic E-state index is 0.152. The van der Waals surface area contributed by atoms with Crippen molar-refractivity contribution in [1.29, 1.82) is 0 Å². The number of hydrogen-bond donors (Lipinski definition) is 0. The van der Waals surface area contributed by atoms with Crippen LogP contribution in [0.4, 0.5) is 0 Å². The third-order valence-electron chi connectivity index (χ3n) is 3.81. The van der Waals surface area contributed by atoms with Gasteiger partial charge >= 0.3 is 0 Å². The molecule has 24 heavy (non-hydrogen) atoms. The molecule has 0 N–H and O–H groups in total. The van der Waals surface area contributed by atoms with Crippen LogP contribution in [0, 0.1) is 0 Å². The van der Waals surface area contributed by atoms with Gasteiger partial charge in [0.1, 0.15) is 24.2 Å². The van der Waals surface area contributed by atoms with E-state index in [4.69, 9.17) is 30.5 Å². The molecule has 4 nitrogen and oxygen atoms in total. The Kier molecular flexibility index (Phi) is 5.66. The van der Waals surface area contributed by atoms with E-state index in [0.717, 1.165) is 17.1 Å². The highest BCUT2D eigenvalue weighted by Gasteiger charge is 2.42. The summed E-state index contributed by atoms with van der Waals surface area (Å²) < 4.78 is 23.0. The second kappa shape index (κ2) is 7.74. The van der Waals surface area contributed by atoms with Crippen molar-refractivity contribution in [2.24, 2.45) is 0 Å². The molecule has 128 valence electrons. The first-order valence-electron chi connectivity index (χ1n) is 7.56. The van der Waals surface area contributed by atoms with Gasteiger partial charge in [0.15, 0.2) is 0 Å². The van der Waals surface area contributed by atoms with Crippen LogP contribution in [-0.4, -0.2) is 31.8 Å². The molecule has 2 aromatic rings. The Morgan fingerprint density at radius 2 is 1.79 bits per heavy atom. The van der Waals surface area contributed by atoms with Crippen LogP contribution in [0.3, 0.4) is 0 Å². The minimum Gasteiger partial charge on any atom is -0.497 e. The van der Waals surface area contributed by atoms with Gasteiger partial charge in [-0.15, -0.1) is 0 Å². The first-order chi connectivity index (χ1) is 11.6. The lowest BCUT2D eigenvalue weighted by atomic mass is 10.1. The van der Waals surface area contributed by atoms with Crippen molar-refractivity contribution in [3.8, 4) is 11.5 Å². The van der Waals surface area contributed by atoms with Crippen molar-refractivity contribution >= 4 is 27.5 Å². The molecule has 0 amide bonds. The molecule has 0 aliphatic carbocycles. The number of methoxy groups -OCH3 is 1. The van der Waals surface area contributed by atoms with Gasteiger partial charge in [-0.25, -0.2) is 0 Å². The summed E-state index contributed by atoms with van der Waals surface area (Å²) in [4.78, 5) is 0. The Labute approximate surface area is 154 Å². The Balaban J connectivity index is 1.61. The predicted molar refractivity (Wildman–Crippen MR) is 96.2 cm³/mol. The molecule has 1 fully saturated rings. The average molecular weight is 414 g/mol. The summed E-state index contributed by atoms with van der Waals surface area (Å²) in [6, 6.07) is 14.9. The zero-order chi connectivity index (χ0) is 17.0. The molecule has 1 heterocycles. The van der Waals surface area contributed by atoms with E-state index in [9.17, 15) is 0 Å². The normalized spacial score (nSPS) is 23.2. The molecule has 0 bridgehead atoms. The maximum absolute atomic E-state index is 6.13. The van der Waals surface area contributed by atoms with E-state index in [0.29, 0.717) is 23.6 Å². The van der Waals surface area contributed by atoms with Crippen LogP contribution in [0.5, 0.6) is 11.5 Å². The van der Waals surface area contributed by atoms with E-state index in [1.54, 1.807) is 7.11 Å². The summed E-state index contributed by atoms with van der Waals surface area (Å²) >= 11 is 9.44. The highest BCUT2D eigenvalue weighted by atomic mass is 79.9. The molecular formula is C18H18BrClO4. The molecule has 3 rings (SSSR count). The quantitative estimate of drug-likeness (QED) is 0.658. The number of benzene rings is 2. The molecule has 0 saturated carbocycles. The zero-order valence-electron chi connectivity index (χ0n) is 13.2. The van der Waals surface area contributed by atoms with Crippen LogP contribution in [0.2, 0.25) is 5.02 Å². The summed E-state index contributed by atoms with van der Waals surface area (Å²) in [6.07, 6.45) is -0.152. The second-order valence-electron chi connectivity index (χ2n) is 5.43. The van der Waals surface area contributed by atoms with Gasteiger partial charge in [-0.05, 0) is 36.4 Å². The van der Waals surface area contributed by atoms with Crippen LogP contribution < -0.4 is 9.47 Å². The summed E-state index contributed by atoms with van der Waals surface area (Å²) in [5.41, 5.74) is 0.927. The Hall–Kier alpha value is -1.27. The predicted octanol–water partition coefficient (Wildman–Crippen LogP) is 4.39. The summed E-state index contributed by atoms with van der Waals surface area (Å²) in [5, 5.41) is 1.21. The first kappa shape index (κ1) is 17.5. The fraction of sp³-hybridized carbons (Fsp3) is 0.333. The largest absolute Gasteiger partial charge is 0.497 e. The topological polar surface area (TPSA) is 36.9 Å². The monoisotopic (exact) mass is 412 g/mol. The van der Waals surface area contributed by atoms with Crippen LogP contribution in [0.15, 0.2) is 48.5 Å². The van der Waals surface area contributed by atoms with Gasteiger partial charge in [0.05, 0.1) is 19.0 Å². The van der Waals surface area contributed by atoms with Gasteiger partial charge in [-0.1, -0.05) is 39.7 Å².